The van der Waals surface area contributed by atoms with Gasteiger partial charge >= 0.3 is 0 Å². The Morgan fingerprint density at radius 2 is 2.06 bits per heavy atom. The molecule has 5 heteroatoms. The van der Waals surface area contributed by atoms with Crippen LogP contribution in [-0.4, -0.2) is 44.5 Å². The predicted molar refractivity (Wildman–Crippen MR) is 66.5 cm³/mol. The van der Waals surface area contributed by atoms with Gasteiger partial charge in [0.15, 0.2) is 0 Å². The summed E-state index contributed by atoms with van der Waals surface area (Å²) in [5.74, 6) is -0.664. The van der Waals surface area contributed by atoms with Gasteiger partial charge in [0.05, 0.1) is 12.2 Å². The molecule has 0 aliphatic carbocycles. The van der Waals surface area contributed by atoms with Crippen LogP contribution in [0.15, 0.2) is 24.3 Å². The number of hydrogen-bond donors (Lipinski definition) is 2. The second kappa shape index (κ2) is 6.98. The summed E-state index contributed by atoms with van der Waals surface area (Å²) >= 11 is 0. The molecule has 0 unspecified atom stereocenters. The molecule has 0 aromatic heterocycles. The molecule has 0 spiro atoms. The van der Waals surface area contributed by atoms with Gasteiger partial charge in [-0.25, -0.2) is 4.39 Å². The molecule has 2 N–H and O–H groups in total. The summed E-state index contributed by atoms with van der Waals surface area (Å²) in [6.07, 6.45) is 0. The van der Waals surface area contributed by atoms with Gasteiger partial charge in [-0.1, -0.05) is 12.1 Å². The SMILES string of the molecule is CN(C)CCNCC(=O)Nc1ccccc1F. The monoisotopic (exact) mass is 239 g/mol. The van der Waals surface area contributed by atoms with Crippen molar-refractivity contribution in [3.8, 4) is 0 Å². The van der Waals surface area contributed by atoms with Gasteiger partial charge < -0.3 is 15.5 Å². The fourth-order valence-corrected chi connectivity index (χ4v) is 1.26. The number of halogens is 1. The van der Waals surface area contributed by atoms with E-state index in [2.05, 4.69) is 10.6 Å². The third-order valence-corrected chi connectivity index (χ3v) is 2.17. The molecule has 17 heavy (non-hydrogen) atoms. The average Bonchev–Trinajstić information content (AvgIpc) is 2.27. The first kappa shape index (κ1) is 13.6. The smallest absolute Gasteiger partial charge is 0.238 e. The molecular weight excluding hydrogens is 221 g/mol. The molecule has 0 aliphatic rings. The van der Waals surface area contributed by atoms with Crippen molar-refractivity contribution in [1.29, 1.82) is 0 Å². The van der Waals surface area contributed by atoms with Gasteiger partial charge in [-0.15, -0.1) is 0 Å². The van der Waals surface area contributed by atoms with E-state index in [0.29, 0.717) is 0 Å². The molecule has 0 saturated carbocycles. The van der Waals surface area contributed by atoms with E-state index < -0.39 is 5.82 Å². The summed E-state index contributed by atoms with van der Waals surface area (Å²) in [5.41, 5.74) is 0.215. The summed E-state index contributed by atoms with van der Waals surface area (Å²) in [6.45, 7) is 1.76. The van der Waals surface area contributed by atoms with Crippen LogP contribution in [0.3, 0.4) is 0 Å². The standard InChI is InChI=1S/C12H18FN3O/c1-16(2)8-7-14-9-12(17)15-11-6-4-3-5-10(11)13/h3-6,14H,7-9H2,1-2H3,(H,15,17). The Kier molecular flexibility index (Phi) is 5.59. The Hall–Kier alpha value is -1.46. The Morgan fingerprint density at radius 3 is 2.71 bits per heavy atom. The Bertz CT molecular complexity index is 369. The van der Waals surface area contributed by atoms with Crippen LogP contribution in [0.4, 0.5) is 10.1 Å². The topological polar surface area (TPSA) is 44.4 Å². The van der Waals surface area contributed by atoms with E-state index in [9.17, 15) is 9.18 Å². The first-order valence-corrected chi connectivity index (χ1v) is 5.49. The van der Waals surface area contributed by atoms with E-state index in [-0.39, 0.29) is 18.1 Å². The molecule has 4 nitrogen and oxygen atoms in total. The van der Waals surface area contributed by atoms with E-state index in [0.717, 1.165) is 13.1 Å². The summed E-state index contributed by atoms with van der Waals surface area (Å²) < 4.78 is 13.2. The maximum absolute atomic E-state index is 13.2. The van der Waals surface area contributed by atoms with E-state index in [1.165, 1.54) is 12.1 Å². The van der Waals surface area contributed by atoms with Crippen molar-refractivity contribution < 1.29 is 9.18 Å². The van der Waals surface area contributed by atoms with E-state index in [4.69, 9.17) is 0 Å². The number of rotatable bonds is 6. The first-order valence-electron chi connectivity index (χ1n) is 5.49. The van der Waals surface area contributed by atoms with Crippen LogP contribution in [0.5, 0.6) is 0 Å². The van der Waals surface area contributed by atoms with Crippen molar-refractivity contribution >= 4 is 11.6 Å². The van der Waals surface area contributed by atoms with E-state index >= 15 is 0 Å². The molecule has 1 amide bonds. The minimum atomic E-state index is -0.422. The van der Waals surface area contributed by atoms with Gasteiger partial charge in [0.1, 0.15) is 5.82 Å². The van der Waals surface area contributed by atoms with Gasteiger partial charge in [-0.05, 0) is 26.2 Å². The van der Waals surface area contributed by atoms with Crippen LogP contribution >= 0.6 is 0 Å². The Morgan fingerprint density at radius 1 is 1.35 bits per heavy atom. The number of hydrogen-bond acceptors (Lipinski definition) is 3. The highest BCUT2D eigenvalue weighted by Gasteiger charge is 2.05. The highest BCUT2D eigenvalue weighted by molar-refractivity contribution is 5.92. The summed E-state index contributed by atoms with van der Waals surface area (Å²) in [5, 5.41) is 5.49. The Labute approximate surface area is 101 Å². The minimum absolute atomic E-state index is 0.183. The lowest BCUT2D eigenvalue weighted by Gasteiger charge is -2.10. The number of benzene rings is 1. The fraction of sp³-hybridized carbons (Fsp3) is 0.417. The molecule has 1 aromatic carbocycles. The van der Waals surface area contributed by atoms with Crippen molar-refractivity contribution in [1.82, 2.24) is 10.2 Å². The van der Waals surface area contributed by atoms with Crippen molar-refractivity contribution in [3.63, 3.8) is 0 Å². The second-order valence-corrected chi connectivity index (χ2v) is 4.01. The van der Waals surface area contributed by atoms with E-state index in [1.807, 2.05) is 19.0 Å². The normalized spacial score (nSPS) is 10.6. The van der Waals surface area contributed by atoms with Crippen LogP contribution in [-0.2, 0) is 4.79 Å². The maximum atomic E-state index is 13.2. The minimum Gasteiger partial charge on any atom is -0.322 e. The molecule has 0 heterocycles. The quantitative estimate of drug-likeness (QED) is 0.725. The molecule has 1 rings (SSSR count). The highest BCUT2D eigenvalue weighted by Crippen LogP contribution is 2.11. The van der Waals surface area contributed by atoms with Crippen molar-refractivity contribution in [2.45, 2.75) is 0 Å². The number of likely N-dealkylation sites (N-methyl/N-ethyl adjacent to an activating group) is 1. The lowest BCUT2D eigenvalue weighted by Crippen LogP contribution is -2.33. The second-order valence-electron chi connectivity index (χ2n) is 4.01. The maximum Gasteiger partial charge on any atom is 0.238 e. The average molecular weight is 239 g/mol. The van der Waals surface area contributed by atoms with Crippen LogP contribution in [0.2, 0.25) is 0 Å². The van der Waals surface area contributed by atoms with Gasteiger partial charge in [0, 0.05) is 13.1 Å². The zero-order chi connectivity index (χ0) is 12.7. The van der Waals surface area contributed by atoms with Gasteiger partial charge in [0.2, 0.25) is 5.91 Å². The molecule has 94 valence electrons. The number of para-hydroxylation sites is 1. The zero-order valence-corrected chi connectivity index (χ0v) is 10.2. The van der Waals surface area contributed by atoms with Crippen LogP contribution in [0, 0.1) is 5.82 Å². The summed E-state index contributed by atoms with van der Waals surface area (Å²) in [6, 6.07) is 6.11. The van der Waals surface area contributed by atoms with Crippen molar-refractivity contribution in [2.24, 2.45) is 0 Å². The Balaban J connectivity index is 2.28. The number of nitrogens with one attached hydrogen (secondary N) is 2. The van der Waals surface area contributed by atoms with Gasteiger partial charge in [-0.2, -0.15) is 0 Å². The fourth-order valence-electron chi connectivity index (χ4n) is 1.26. The van der Waals surface area contributed by atoms with Crippen molar-refractivity contribution in [2.75, 3.05) is 39.0 Å². The lowest BCUT2D eigenvalue weighted by atomic mass is 10.3. The number of anilines is 1. The zero-order valence-electron chi connectivity index (χ0n) is 10.2. The van der Waals surface area contributed by atoms with Crippen LogP contribution < -0.4 is 10.6 Å². The first-order chi connectivity index (χ1) is 8.09. The third-order valence-electron chi connectivity index (χ3n) is 2.17. The predicted octanol–water partition coefficient (Wildman–Crippen LogP) is 0.915. The number of amides is 1. The lowest BCUT2D eigenvalue weighted by molar-refractivity contribution is -0.115. The van der Waals surface area contributed by atoms with Gasteiger partial charge in [-0.3, -0.25) is 4.79 Å². The molecular formula is C12H18FN3O. The third kappa shape index (κ3) is 5.42. The summed E-state index contributed by atoms with van der Waals surface area (Å²) in [4.78, 5) is 13.5. The molecule has 1 aromatic rings. The highest BCUT2D eigenvalue weighted by atomic mass is 19.1. The van der Waals surface area contributed by atoms with Crippen LogP contribution in [0.1, 0.15) is 0 Å². The molecule has 0 fully saturated rings. The van der Waals surface area contributed by atoms with E-state index in [1.54, 1.807) is 12.1 Å². The largest absolute Gasteiger partial charge is 0.322 e. The molecule has 0 atom stereocenters. The number of carbonyl (C=O) groups is 1. The molecule has 0 saturated heterocycles. The van der Waals surface area contributed by atoms with Crippen LogP contribution in [0.25, 0.3) is 0 Å². The van der Waals surface area contributed by atoms with Crippen molar-refractivity contribution in [3.05, 3.63) is 30.1 Å². The van der Waals surface area contributed by atoms with Gasteiger partial charge in [0.25, 0.3) is 0 Å². The molecule has 0 radical (unpaired) electrons. The molecule has 0 bridgehead atoms. The number of nitrogens with zero attached hydrogens (tertiary/aromatic N) is 1. The number of carbonyl (C=O) groups excluding carboxylic acids is 1. The molecule has 0 aliphatic heterocycles. The summed E-state index contributed by atoms with van der Waals surface area (Å²) in [7, 11) is 3.92.